The summed E-state index contributed by atoms with van der Waals surface area (Å²) < 4.78 is 13.4. The van der Waals surface area contributed by atoms with Crippen molar-refractivity contribution in [3.8, 4) is 0 Å². The summed E-state index contributed by atoms with van der Waals surface area (Å²) in [4.78, 5) is 23.6. The van der Waals surface area contributed by atoms with Gasteiger partial charge in [-0.05, 0) is 24.5 Å². The average Bonchev–Trinajstić information content (AvgIpc) is 2.71. The molecule has 0 aliphatic carbocycles. The molecule has 0 radical (unpaired) electrons. The quantitative estimate of drug-likeness (QED) is 0.638. The van der Waals surface area contributed by atoms with Gasteiger partial charge in [0.15, 0.2) is 0 Å². The van der Waals surface area contributed by atoms with Crippen LogP contribution in [0.5, 0.6) is 0 Å². The average molecular weight is 265 g/mol. The van der Waals surface area contributed by atoms with Gasteiger partial charge in [0.05, 0.1) is 11.0 Å². The number of halogens is 1. The maximum Gasteiger partial charge on any atom is 0.296 e. The van der Waals surface area contributed by atoms with E-state index >= 15 is 0 Å². The number of rotatable bonds is 5. The van der Waals surface area contributed by atoms with E-state index in [2.05, 4.69) is 4.98 Å². The van der Waals surface area contributed by atoms with E-state index in [1.54, 1.807) is 6.20 Å². The summed E-state index contributed by atoms with van der Waals surface area (Å²) in [6.45, 7) is 0. The van der Waals surface area contributed by atoms with Gasteiger partial charge in [-0.15, -0.1) is 0 Å². The number of aromatic amines is 1. The third-order valence-corrected chi connectivity index (χ3v) is 2.88. The third kappa shape index (κ3) is 2.70. The number of primary amides is 1. The zero-order valence-corrected chi connectivity index (χ0v) is 9.98. The Kier molecular flexibility index (Phi) is 3.46. The summed E-state index contributed by atoms with van der Waals surface area (Å²) >= 11 is 0. The number of nitro groups is 1. The van der Waals surface area contributed by atoms with E-state index in [0.717, 1.165) is 11.6 Å². The highest BCUT2D eigenvalue weighted by atomic mass is 19.1. The molecule has 0 saturated heterocycles. The number of nitrogens with one attached hydrogen (secondary N) is 1. The van der Waals surface area contributed by atoms with E-state index in [0.29, 0.717) is 23.7 Å². The lowest BCUT2D eigenvalue weighted by Gasteiger charge is -1.99. The first-order valence-corrected chi connectivity index (χ1v) is 5.71. The highest BCUT2D eigenvalue weighted by molar-refractivity contribution is 5.90. The van der Waals surface area contributed by atoms with Crippen LogP contribution in [0.25, 0.3) is 10.9 Å². The van der Waals surface area contributed by atoms with Crippen LogP contribution in [0.1, 0.15) is 18.4 Å². The minimum absolute atomic E-state index is 0.226. The first-order chi connectivity index (χ1) is 8.99. The molecule has 19 heavy (non-hydrogen) atoms. The molecule has 0 spiro atoms. The number of H-pyrrole nitrogens is 1. The molecule has 0 aliphatic rings. The highest BCUT2D eigenvalue weighted by Gasteiger charge is 2.17. The number of nitrogens with zero attached hydrogens (tertiary/aromatic N) is 1. The number of nitrogens with two attached hydrogens (primary N) is 1. The lowest BCUT2D eigenvalue weighted by molar-refractivity contribution is -0.383. The fraction of sp³-hybridized carbons (Fsp3) is 0.250. The van der Waals surface area contributed by atoms with E-state index in [-0.39, 0.29) is 12.1 Å². The molecule has 7 heteroatoms. The van der Waals surface area contributed by atoms with Gasteiger partial charge in [-0.3, -0.25) is 14.9 Å². The van der Waals surface area contributed by atoms with Gasteiger partial charge < -0.3 is 10.7 Å². The van der Waals surface area contributed by atoms with Crippen molar-refractivity contribution in [3.63, 3.8) is 0 Å². The van der Waals surface area contributed by atoms with E-state index in [1.165, 1.54) is 6.07 Å². The van der Waals surface area contributed by atoms with Gasteiger partial charge in [-0.25, -0.2) is 4.39 Å². The summed E-state index contributed by atoms with van der Waals surface area (Å²) in [6, 6.07) is 2.13. The molecule has 0 atom stereocenters. The van der Waals surface area contributed by atoms with E-state index in [4.69, 9.17) is 5.73 Å². The molecule has 0 saturated carbocycles. The predicted molar refractivity (Wildman–Crippen MR) is 67.0 cm³/mol. The molecule has 2 aromatic rings. The summed E-state index contributed by atoms with van der Waals surface area (Å²) in [5.41, 5.74) is 5.77. The third-order valence-electron chi connectivity index (χ3n) is 2.88. The van der Waals surface area contributed by atoms with Crippen molar-refractivity contribution in [3.05, 3.63) is 39.8 Å². The number of hydrogen-bond acceptors (Lipinski definition) is 3. The van der Waals surface area contributed by atoms with Crippen LogP contribution in [-0.2, 0) is 11.2 Å². The van der Waals surface area contributed by atoms with E-state index in [1.807, 2.05) is 0 Å². The second kappa shape index (κ2) is 5.05. The number of nitro benzene ring substituents is 1. The van der Waals surface area contributed by atoms with Gasteiger partial charge in [-0.1, -0.05) is 0 Å². The van der Waals surface area contributed by atoms with Crippen LogP contribution in [0.2, 0.25) is 0 Å². The Labute approximate surface area is 107 Å². The molecule has 6 nitrogen and oxygen atoms in total. The van der Waals surface area contributed by atoms with Crippen molar-refractivity contribution >= 4 is 22.5 Å². The summed E-state index contributed by atoms with van der Waals surface area (Å²) in [6.07, 6.45) is 2.85. The van der Waals surface area contributed by atoms with Crippen LogP contribution >= 0.6 is 0 Å². The fourth-order valence-electron chi connectivity index (χ4n) is 2.04. The zero-order chi connectivity index (χ0) is 14.0. The van der Waals surface area contributed by atoms with E-state index < -0.39 is 16.6 Å². The fourth-order valence-corrected chi connectivity index (χ4v) is 2.04. The summed E-state index contributed by atoms with van der Waals surface area (Å²) in [7, 11) is 0. The Morgan fingerprint density at radius 1 is 1.47 bits per heavy atom. The van der Waals surface area contributed by atoms with Crippen molar-refractivity contribution < 1.29 is 14.1 Å². The molecule has 1 amide bonds. The van der Waals surface area contributed by atoms with Gasteiger partial charge in [0.2, 0.25) is 5.91 Å². The standard InChI is InChI=1S/C12H12FN3O3/c13-8-4-9-7(2-1-3-11(14)17)6-15-12(9)10(5-8)16(18)19/h4-6,15H,1-3H2,(H2,14,17). The molecular weight excluding hydrogens is 253 g/mol. The molecule has 1 aromatic heterocycles. The molecule has 0 aliphatic heterocycles. The lowest BCUT2D eigenvalue weighted by Crippen LogP contribution is -2.10. The molecule has 1 aromatic carbocycles. The van der Waals surface area contributed by atoms with Gasteiger partial charge in [0, 0.05) is 18.0 Å². The molecule has 1 heterocycles. The summed E-state index contributed by atoms with van der Waals surface area (Å²) in [5, 5.41) is 11.3. The zero-order valence-electron chi connectivity index (χ0n) is 9.98. The monoisotopic (exact) mass is 265 g/mol. The van der Waals surface area contributed by atoms with Crippen LogP contribution in [0.15, 0.2) is 18.3 Å². The SMILES string of the molecule is NC(=O)CCCc1c[nH]c2c([N+](=O)[O-])cc(F)cc12. The van der Waals surface area contributed by atoms with Crippen molar-refractivity contribution in [2.24, 2.45) is 5.73 Å². The van der Waals surface area contributed by atoms with Crippen molar-refractivity contribution in [1.82, 2.24) is 4.98 Å². The molecular formula is C12H12FN3O3. The Balaban J connectivity index is 2.37. The smallest absolute Gasteiger partial charge is 0.296 e. The van der Waals surface area contributed by atoms with Crippen LogP contribution < -0.4 is 5.73 Å². The minimum atomic E-state index is -0.657. The Morgan fingerprint density at radius 3 is 2.84 bits per heavy atom. The Bertz CT molecular complexity index is 651. The molecule has 0 fully saturated rings. The second-order valence-corrected chi connectivity index (χ2v) is 4.24. The van der Waals surface area contributed by atoms with Crippen LogP contribution in [0.4, 0.5) is 10.1 Å². The first kappa shape index (κ1) is 13.0. The number of benzene rings is 1. The minimum Gasteiger partial charge on any atom is -0.370 e. The van der Waals surface area contributed by atoms with Gasteiger partial charge in [-0.2, -0.15) is 0 Å². The molecule has 100 valence electrons. The number of fused-ring (bicyclic) bond motifs is 1. The Morgan fingerprint density at radius 2 is 2.21 bits per heavy atom. The predicted octanol–water partition coefficient (Wildman–Crippen LogP) is 2.02. The molecule has 2 rings (SSSR count). The second-order valence-electron chi connectivity index (χ2n) is 4.24. The van der Waals surface area contributed by atoms with Crippen molar-refractivity contribution in [2.75, 3.05) is 0 Å². The number of amides is 1. The van der Waals surface area contributed by atoms with Crippen LogP contribution in [0, 0.1) is 15.9 Å². The number of hydrogen-bond donors (Lipinski definition) is 2. The van der Waals surface area contributed by atoms with Gasteiger partial charge in [0.1, 0.15) is 11.3 Å². The van der Waals surface area contributed by atoms with Gasteiger partial charge >= 0.3 is 0 Å². The lowest BCUT2D eigenvalue weighted by atomic mass is 10.1. The maximum absolute atomic E-state index is 13.4. The largest absolute Gasteiger partial charge is 0.370 e. The number of aryl methyl sites for hydroxylation is 1. The molecule has 3 N–H and O–H groups in total. The number of non-ortho nitro benzene ring substituents is 1. The number of carbonyl (C=O) groups excluding carboxylic acids is 1. The van der Waals surface area contributed by atoms with E-state index in [9.17, 15) is 19.3 Å². The molecule has 0 bridgehead atoms. The molecule has 0 unspecified atom stereocenters. The van der Waals surface area contributed by atoms with Gasteiger partial charge in [0.25, 0.3) is 5.69 Å². The number of aromatic nitrogens is 1. The number of carbonyl (C=O) groups is 1. The maximum atomic E-state index is 13.4. The van der Waals surface area contributed by atoms with Crippen LogP contribution in [-0.4, -0.2) is 15.8 Å². The summed E-state index contributed by atoms with van der Waals surface area (Å²) in [5.74, 6) is -1.06. The Hall–Kier alpha value is -2.44. The topological polar surface area (TPSA) is 102 Å². The van der Waals surface area contributed by atoms with Crippen LogP contribution in [0.3, 0.4) is 0 Å². The normalized spacial score (nSPS) is 10.8. The first-order valence-electron chi connectivity index (χ1n) is 5.71. The highest BCUT2D eigenvalue weighted by Crippen LogP contribution is 2.29. The van der Waals surface area contributed by atoms with Crippen molar-refractivity contribution in [1.29, 1.82) is 0 Å². The van der Waals surface area contributed by atoms with Crippen molar-refractivity contribution in [2.45, 2.75) is 19.3 Å².